The van der Waals surface area contributed by atoms with Crippen molar-refractivity contribution >= 4 is 54.9 Å². The number of fused-ring (bicyclic) bond motifs is 7. The van der Waals surface area contributed by atoms with Crippen LogP contribution >= 0.6 is 0 Å². The molecule has 452 valence electrons. The topological polar surface area (TPSA) is 109 Å². The summed E-state index contributed by atoms with van der Waals surface area (Å²) in [6.45, 7) is 0. The van der Waals surface area contributed by atoms with Crippen LogP contribution in [0.3, 0.4) is 0 Å². The van der Waals surface area contributed by atoms with E-state index in [-0.39, 0.29) is 0 Å². The minimum atomic E-state index is 0.681. The van der Waals surface area contributed by atoms with Crippen molar-refractivity contribution in [1.29, 1.82) is 0 Å². The monoisotopic (exact) mass is 1230 g/mol. The first kappa shape index (κ1) is 57.0. The summed E-state index contributed by atoms with van der Waals surface area (Å²) < 4.78 is 14.2. The Morgan fingerprint density at radius 3 is 1.09 bits per heavy atom. The summed E-state index contributed by atoms with van der Waals surface area (Å²) >= 11 is 0. The number of aryl methyl sites for hydroxylation is 1. The van der Waals surface area contributed by atoms with Gasteiger partial charge in [0, 0.05) is 68.2 Å². The van der Waals surface area contributed by atoms with Crippen LogP contribution in [0.1, 0.15) is 0 Å². The van der Waals surface area contributed by atoms with Gasteiger partial charge >= 0.3 is 0 Å². The third-order valence-electron chi connectivity index (χ3n) is 17.9. The summed E-state index contributed by atoms with van der Waals surface area (Å²) in [6, 6.07) is 111. The summed E-state index contributed by atoms with van der Waals surface area (Å²) in [5, 5.41) is 4.53. The fourth-order valence-electron chi connectivity index (χ4n) is 12.8. The molecule has 0 amide bonds. The van der Waals surface area contributed by atoms with Crippen molar-refractivity contribution in [2.75, 3.05) is 0 Å². The first-order chi connectivity index (χ1) is 47.4. The molecular weight excluding hydrogens is 1180 g/mol. The molecule has 9 heteroatoms. The molecule has 18 rings (SSSR count). The van der Waals surface area contributed by atoms with Gasteiger partial charge < -0.3 is 13.4 Å². The van der Waals surface area contributed by atoms with E-state index in [1.54, 1.807) is 6.20 Å². The van der Waals surface area contributed by atoms with Crippen molar-refractivity contribution in [3.63, 3.8) is 0 Å². The highest BCUT2D eigenvalue weighted by Crippen LogP contribution is 2.38. The second-order valence-electron chi connectivity index (χ2n) is 23.9. The molecule has 0 aliphatic carbocycles. The van der Waals surface area contributed by atoms with Gasteiger partial charge in [-0.1, -0.05) is 249 Å². The number of furan rings is 2. The van der Waals surface area contributed by atoms with Gasteiger partial charge in [-0.25, -0.2) is 24.9 Å². The molecule has 0 saturated heterocycles. The van der Waals surface area contributed by atoms with Crippen LogP contribution in [-0.4, -0.2) is 34.5 Å². The SMILES string of the molecule is Cn1c(-c2ccccc2)nc2ccc(-c3ccc(-c4nc(-c5ccccc5)cc(-c5ccc(-c6ccc7oc8ccccc8c7c6)cc5)n4)cc3)cc21.c1ccc(-c2nc(-c3ccc(-c4ccc(-c5ccc6oc7ccccc7c6c5)cc4)cc3)cc(-c3ccccn3)n2)cc1. The minimum Gasteiger partial charge on any atom is -0.456 e. The lowest BCUT2D eigenvalue weighted by Gasteiger charge is -2.11. The molecule has 6 heterocycles. The van der Waals surface area contributed by atoms with E-state index in [0.717, 1.165) is 156 Å². The molecule has 0 spiro atoms. The van der Waals surface area contributed by atoms with E-state index in [1.165, 1.54) is 11.1 Å². The maximum absolute atomic E-state index is 6.06. The van der Waals surface area contributed by atoms with Crippen molar-refractivity contribution in [1.82, 2.24) is 34.5 Å². The number of benzene rings is 12. The van der Waals surface area contributed by atoms with Gasteiger partial charge in [0.15, 0.2) is 11.6 Å². The molecule has 0 atom stereocenters. The molecule has 96 heavy (non-hydrogen) atoms. The largest absolute Gasteiger partial charge is 0.456 e. The third-order valence-corrected chi connectivity index (χ3v) is 17.9. The van der Waals surface area contributed by atoms with Gasteiger partial charge in [-0.15, -0.1) is 0 Å². The van der Waals surface area contributed by atoms with Crippen molar-refractivity contribution in [3.05, 3.63) is 328 Å². The zero-order chi connectivity index (χ0) is 63.9. The quantitative estimate of drug-likeness (QED) is 0.126. The molecule has 0 radical (unpaired) electrons. The van der Waals surface area contributed by atoms with Crippen LogP contribution < -0.4 is 0 Å². The average molecular weight is 1230 g/mol. The van der Waals surface area contributed by atoms with E-state index in [0.29, 0.717) is 11.6 Å². The number of hydrogen-bond donors (Lipinski definition) is 0. The lowest BCUT2D eigenvalue weighted by molar-refractivity contribution is 0.668. The van der Waals surface area contributed by atoms with Crippen LogP contribution in [0.5, 0.6) is 0 Å². The van der Waals surface area contributed by atoms with Crippen molar-refractivity contribution < 1.29 is 8.83 Å². The molecule has 12 aromatic carbocycles. The molecule has 0 aliphatic rings. The Hall–Kier alpha value is -13.0. The highest BCUT2D eigenvalue weighted by atomic mass is 16.3. The lowest BCUT2D eigenvalue weighted by Crippen LogP contribution is -1.96. The Morgan fingerprint density at radius 2 is 0.594 bits per heavy atom. The summed E-state index contributed by atoms with van der Waals surface area (Å²) in [4.78, 5) is 29.4. The van der Waals surface area contributed by atoms with Gasteiger partial charge in [0.1, 0.15) is 28.2 Å². The number of nitrogens with zero attached hydrogens (tertiary/aromatic N) is 7. The van der Waals surface area contributed by atoms with E-state index < -0.39 is 0 Å². The summed E-state index contributed by atoms with van der Waals surface area (Å²) in [5.41, 5.74) is 25.2. The maximum atomic E-state index is 6.06. The smallest absolute Gasteiger partial charge is 0.160 e. The molecule has 6 aromatic heterocycles. The maximum Gasteiger partial charge on any atom is 0.160 e. The molecule has 18 aromatic rings. The number of imidazole rings is 1. The van der Waals surface area contributed by atoms with Crippen LogP contribution in [-0.2, 0) is 7.05 Å². The fourth-order valence-corrected chi connectivity index (χ4v) is 12.8. The summed E-state index contributed by atoms with van der Waals surface area (Å²) in [7, 11) is 2.08. The number of para-hydroxylation sites is 2. The molecule has 0 saturated carbocycles. The number of aromatic nitrogens is 7. The zero-order valence-corrected chi connectivity index (χ0v) is 52.1. The van der Waals surface area contributed by atoms with Gasteiger partial charge in [0.25, 0.3) is 0 Å². The minimum absolute atomic E-state index is 0.681. The summed E-state index contributed by atoms with van der Waals surface area (Å²) in [6.07, 6.45) is 1.79. The van der Waals surface area contributed by atoms with Gasteiger partial charge in [-0.2, -0.15) is 0 Å². The predicted molar refractivity (Wildman–Crippen MR) is 390 cm³/mol. The number of pyridine rings is 1. The second-order valence-corrected chi connectivity index (χ2v) is 23.9. The van der Waals surface area contributed by atoms with Crippen molar-refractivity contribution in [2.45, 2.75) is 0 Å². The predicted octanol–water partition coefficient (Wildman–Crippen LogP) is 22.4. The Bertz CT molecular complexity index is 5790. The zero-order valence-electron chi connectivity index (χ0n) is 52.1. The van der Waals surface area contributed by atoms with E-state index in [1.807, 2.05) is 115 Å². The van der Waals surface area contributed by atoms with Crippen LogP contribution in [0.25, 0.3) is 179 Å². The van der Waals surface area contributed by atoms with Gasteiger partial charge in [-0.3, -0.25) is 4.98 Å². The molecule has 9 nitrogen and oxygen atoms in total. The third kappa shape index (κ3) is 11.1. The van der Waals surface area contributed by atoms with E-state index in [9.17, 15) is 0 Å². The molecule has 0 bridgehead atoms. The van der Waals surface area contributed by atoms with Crippen LogP contribution in [0.2, 0.25) is 0 Å². The average Bonchev–Trinajstić information content (AvgIpc) is 1.59. The van der Waals surface area contributed by atoms with E-state index in [2.05, 4.69) is 223 Å². The molecule has 0 unspecified atom stereocenters. The fraction of sp³-hybridized carbons (Fsp3) is 0.0115. The lowest BCUT2D eigenvalue weighted by atomic mass is 9.98. The van der Waals surface area contributed by atoms with Crippen LogP contribution in [0.4, 0.5) is 0 Å². The number of hydrogen-bond acceptors (Lipinski definition) is 8. The highest BCUT2D eigenvalue weighted by molar-refractivity contribution is 6.07. The first-order valence-corrected chi connectivity index (χ1v) is 32.0. The molecule has 0 fully saturated rings. The van der Waals surface area contributed by atoms with Gasteiger partial charge in [-0.05, 0) is 117 Å². The molecule has 0 aliphatic heterocycles. The molecular formula is C87H57N7O2. The molecule has 0 N–H and O–H groups in total. The second kappa shape index (κ2) is 24.6. The van der Waals surface area contributed by atoms with Crippen molar-refractivity contribution in [3.8, 4) is 124 Å². The number of rotatable bonds is 11. The van der Waals surface area contributed by atoms with E-state index in [4.69, 9.17) is 33.8 Å². The summed E-state index contributed by atoms with van der Waals surface area (Å²) in [5.74, 6) is 2.32. The normalized spacial score (nSPS) is 11.4. The Balaban J connectivity index is 0.000000148. The van der Waals surface area contributed by atoms with E-state index >= 15 is 0 Å². The first-order valence-electron chi connectivity index (χ1n) is 32.0. The Morgan fingerprint density at radius 1 is 0.240 bits per heavy atom. The van der Waals surface area contributed by atoms with Crippen molar-refractivity contribution in [2.24, 2.45) is 7.05 Å². The van der Waals surface area contributed by atoms with Crippen LogP contribution in [0, 0.1) is 0 Å². The Labute approximate surface area is 553 Å². The van der Waals surface area contributed by atoms with Crippen LogP contribution in [0.15, 0.2) is 337 Å². The Kier molecular flexibility index (Phi) is 14.6. The van der Waals surface area contributed by atoms with Gasteiger partial charge in [0.05, 0.1) is 39.5 Å². The standard InChI is InChI=1S/C48H32N4O.C39H25N3O/c1-52-44-29-38(24-26-41(44)51-48(52)36-12-6-3-7-13-36)32-18-22-35(23-19-32)47-49-42(33-10-4-2-5-11-33)30-43(50-47)34-20-16-31(17-21-34)37-25-27-46-40(28-37)39-14-8-9-15-45(39)53-46;1-2-8-30(9-3-1)39-41-35(25-36(42-39)34-11-6-7-23-40-34)29-19-17-27(18-20-29)26-13-15-28(16-14-26)31-21-22-38-33(24-31)32-10-4-5-12-37(32)43-38/h2-30H,1H3;1-25H. The highest BCUT2D eigenvalue weighted by Gasteiger charge is 2.17. The van der Waals surface area contributed by atoms with Gasteiger partial charge in [0.2, 0.25) is 0 Å².